The molecule has 0 spiro atoms. The minimum absolute atomic E-state index is 0.0387. The van der Waals surface area contributed by atoms with Crippen LogP contribution in [0.25, 0.3) is 0 Å². The first kappa shape index (κ1) is 13.2. The summed E-state index contributed by atoms with van der Waals surface area (Å²) < 4.78 is 9.62. The van der Waals surface area contributed by atoms with Gasteiger partial charge in [0.1, 0.15) is 12.6 Å². The van der Waals surface area contributed by atoms with Crippen molar-refractivity contribution in [3.05, 3.63) is 17.5 Å². The van der Waals surface area contributed by atoms with Crippen LogP contribution in [0.5, 0.6) is 0 Å². The van der Waals surface area contributed by atoms with Crippen LogP contribution in [-0.4, -0.2) is 35.3 Å². The van der Waals surface area contributed by atoms with Crippen molar-refractivity contribution in [3.63, 3.8) is 0 Å². The Morgan fingerprint density at radius 1 is 1.65 bits per heavy atom. The molecule has 0 radical (unpaired) electrons. The van der Waals surface area contributed by atoms with Crippen molar-refractivity contribution in [1.82, 2.24) is 10.5 Å². The first-order valence-electron chi connectivity index (χ1n) is 5.06. The fourth-order valence-electron chi connectivity index (χ4n) is 1.20. The second-order valence-electron chi connectivity index (χ2n) is 3.38. The molecule has 0 unspecified atom stereocenters. The van der Waals surface area contributed by atoms with Crippen molar-refractivity contribution in [3.8, 4) is 0 Å². The zero-order valence-electron chi connectivity index (χ0n) is 9.60. The molecule has 0 fully saturated rings. The van der Waals surface area contributed by atoms with Crippen molar-refractivity contribution in [2.24, 2.45) is 0 Å². The van der Waals surface area contributed by atoms with Gasteiger partial charge < -0.3 is 19.7 Å². The minimum Gasteiger partial charge on any atom is -0.480 e. The maximum Gasteiger partial charge on any atom is 0.326 e. The number of carbonyl (C=O) groups excluding carboxylic acids is 1. The number of carboxylic acid groups (broad SMARTS) is 1. The van der Waals surface area contributed by atoms with E-state index in [2.05, 4.69) is 10.5 Å². The van der Waals surface area contributed by atoms with E-state index in [1.165, 1.54) is 13.2 Å². The number of carboxylic acids is 1. The fourth-order valence-corrected chi connectivity index (χ4v) is 1.20. The fraction of sp³-hybridized carbons (Fsp3) is 0.500. The summed E-state index contributed by atoms with van der Waals surface area (Å²) in [7, 11) is 1.49. The Kier molecular flexibility index (Phi) is 4.65. The van der Waals surface area contributed by atoms with Gasteiger partial charge in [-0.25, -0.2) is 4.79 Å². The third-order valence-corrected chi connectivity index (χ3v) is 2.09. The SMILES string of the molecule is CC[C@@H](NC(=O)c1cc(COC)on1)C(=O)O. The van der Waals surface area contributed by atoms with Crippen molar-refractivity contribution in [1.29, 1.82) is 0 Å². The van der Waals surface area contributed by atoms with Gasteiger partial charge in [0.15, 0.2) is 11.5 Å². The van der Waals surface area contributed by atoms with Crippen molar-refractivity contribution in [2.75, 3.05) is 7.11 Å². The van der Waals surface area contributed by atoms with Gasteiger partial charge in [-0.1, -0.05) is 12.1 Å². The molecule has 0 aliphatic heterocycles. The van der Waals surface area contributed by atoms with Crippen LogP contribution in [0.1, 0.15) is 29.6 Å². The predicted octanol–water partition coefficient (Wildman–Crippen LogP) is 0.414. The number of methoxy groups -OCH3 is 1. The second kappa shape index (κ2) is 6.00. The number of ether oxygens (including phenoxy) is 1. The average Bonchev–Trinajstić information content (AvgIpc) is 2.74. The van der Waals surface area contributed by atoms with Crippen LogP contribution >= 0.6 is 0 Å². The number of amides is 1. The molecule has 2 N–H and O–H groups in total. The standard InChI is InChI=1S/C10H14N2O5/c1-3-7(10(14)15)11-9(13)8-4-6(5-16-2)17-12-8/h4,7H,3,5H2,1-2H3,(H,11,13)(H,14,15)/t7-/m1/s1. The largest absolute Gasteiger partial charge is 0.480 e. The van der Waals surface area contributed by atoms with Crippen molar-refractivity contribution in [2.45, 2.75) is 26.0 Å². The average molecular weight is 242 g/mol. The van der Waals surface area contributed by atoms with Crippen LogP contribution in [0, 0.1) is 0 Å². The van der Waals surface area contributed by atoms with Crippen molar-refractivity contribution >= 4 is 11.9 Å². The van der Waals surface area contributed by atoms with E-state index >= 15 is 0 Å². The topological polar surface area (TPSA) is 102 Å². The summed E-state index contributed by atoms with van der Waals surface area (Å²) in [5.74, 6) is -1.26. The Morgan fingerprint density at radius 2 is 2.35 bits per heavy atom. The van der Waals surface area contributed by atoms with Gasteiger partial charge in [0, 0.05) is 13.2 Å². The molecule has 1 aromatic heterocycles. The van der Waals surface area contributed by atoms with Gasteiger partial charge >= 0.3 is 5.97 Å². The number of aromatic nitrogens is 1. The Labute approximate surface area is 97.7 Å². The number of aliphatic carboxylic acids is 1. The summed E-state index contributed by atoms with van der Waals surface area (Å²) >= 11 is 0. The van der Waals surface area contributed by atoms with E-state index in [0.717, 1.165) is 0 Å². The zero-order valence-corrected chi connectivity index (χ0v) is 9.60. The molecule has 0 bridgehead atoms. The highest BCUT2D eigenvalue weighted by atomic mass is 16.5. The summed E-state index contributed by atoms with van der Waals surface area (Å²) in [6, 6.07) is 0.484. The highest BCUT2D eigenvalue weighted by Crippen LogP contribution is 2.05. The van der Waals surface area contributed by atoms with Crippen LogP contribution < -0.4 is 5.32 Å². The molecule has 0 aliphatic carbocycles. The van der Waals surface area contributed by atoms with Crippen LogP contribution in [0.2, 0.25) is 0 Å². The second-order valence-corrected chi connectivity index (χ2v) is 3.38. The number of hydrogen-bond acceptors (Lipinski definition) is 5. The third kappa shape index (κ3) is 3.56. The van der Waals surface area contributed by atoms with Crippen LogP contribution in [-0.2, 0) is 16.1 Å². The lowest BCUT2D eigenvalue weighted by Gasteiger charge is -2.10. The maximum absolute atomic E-state index is 11.6. The molecule has 1 amide bonds. The summed E-state index contributed by atoms with van der Waals surface area (Å²) in [5, 5.41) is 14.6. The summed E-state index contributed by atoms with van der Waals surface area (Å²) in [6.45, 7) is 1.87. The maximum atomic E-state index is 11.6. The molecule has 1 atom stereocenters. The molecule has 1 rings (SSSR count). The molecule has 0 saturated heterocycles. The lowest BCUT2D eigenvalue weighted by molar-refractivity contribution is -0.139. The highest BCUT2D eigenvalue weighted by Gasteiger charge is 2.20. The first-order valence-corrected chi connectivity index (χ1v) is 5.06. The monoisotopic (exact) mass is 242 g/mol. The van der Waals surface area contributed by atoms with Gasteiger partial charge in [-0.15, -0.1) is 0 Å². The van der Waals surface area contributed by atoms with Gasteiger partial charge in [-0.2, -0.15) is 0 Å². The summed E-state index contributed by atoms with van der Waals surface area (Å²) in [6.07, 6.45) is 0.295. The van der Waals surface area contributed by atoms with Crippen molar-refractivity contribution < 1.29 is 24.0 Å². The summed E-state index contributed by atoms with van der Waals surface area (Å²) in [5.41, 5.74) is 0.0387. The molecular weight excluding hydrogens is 228 g/mol. The molecule has 94 valence electrons. The van der Waals surface area contributed by atoms with Gasteiger partial charge in [0.2, 0.25) is 0 Å². The lowest BCUT2D eigenvalue weighted by atomic mass is 10.2. The minimum atomic E-state index is -1.08. The highest BCUT2D eigenvalue weighted by molar-refractivity contribution is 5.94. The van der Waals surface area contributed by atoms with Gasteiger partial charge in [0.25, 0.3) is 5.91 Å². The molecule has 17 heavy (non-hydrogen) atoms. The normalized spacial score (nSPS) is 12.1. The van der Waals surface area contributed by atoms with Crippen LogP contribution in [0.3, 0.4) is 0 Å². The van der Waals surface area contributed by atoms with E-state index in [1.807, 2.05) is 0 Å². The molecule has 1 aromatic rings. The number of rotatable bonds is 6. The smallest absolute Gasteiger partial charge is 0.326 e. The van der Waals surface area contributed by atoms with E-state index < -0.39 is 17.9 Å². The van der Waals surface area contributed by atoms with E-state index in [1.54, 1.807) is 6.92 Å². The molecule has 7 heteroatoms. The Bertz CT molecular complexity index is 401. The van der Waals surface area contributed by atoms with E-state index in [4.69, 9.17) is 14.4 Å². The van der Waals surface area contributed by atoms with E-state index in [9.17, 15) is 9.59 Å². The third-order valence-electron chi connectivity index (χ3n) is 2.09. The quantitative estimate of drug-likeness (QED) is 0.749. The number of nitrogens with zero attached hydrogens (tertiary/aromatic N) is 1. The molecule has 0 aromatic carbocycles. The molecule has 0 saturated carbocycles. The zero-order chi connectivity index (χ0) is 12.8. The Balaban J connectivity index is 2.65. The number of nitrogens with one attached hydrogen (secondary N) is 1. The van der Waals surface area contributed by atoms with Gasteiger partial charge in [-0.3, -0.25) is 4.79 Å². The molecular formula is C10H14N2O5. The van der Waals surface area contributed by atoms with Gasteiger partial charge in [0.05, 0.1) is 0 Å². The number of hydrogen-bond donors (Lipinski definition) is 2. The predicted molar refractivity (Wildman–Crippen MR) is 56.4 cm³/mol. The lowest BCUT2D eigenvalue weighted by Crippen LogP contribution is -2.40. The van der Waals surface area contributed by atoms with E-state index in [-0.39, 0.29) is 12.3 Å². The summed E-state index contributed by atoms with van der Waals surface area (Å²) in [4.78, 5) is 22.3. The Morgan fingerprint density at radius 3 is 2.88 bits per heavy atom. The molecule has 1 heterocycles. The Hall–Kier alpha value is -1.89. The molecule has 0 aliphatic rings. The van der Waals surface area contributed by atoms with E-state index in [0.29, 0.717) is 12.2 Å². The number of carbonyl (C=O) groups is 2. The first-order chi connectivity index (χ1) is 8.08. The van der Waals surface area contributed by atoms with Crippen LogP contribution in [0.4, 0.5) is 0 Å². The molecule has 7 nitrogen and oxygen atoms in total. The van der Waals surface area contributed by atoms with Crippen LogP contribution in [0.15, 0.2) is 10.6 Å². The van der Waals surface area contributed by atoms with Gasteiger partial charge in [-0.05, 0) is 6.42 Å².